The molecule has 130 valence electrons. The minimum Gasteiger partial charge on any atom is -0.545 e. The Hall–Kier alpha value is -2.37. The Labute approximate surface area is 159 Å². The number of hydrogen-bond donors (Lipinski definition) is 0. The number of carboxylic acids is 1. The number of fused-ring (bicyclic) bond motifs is 2. The maximum atomic E-state index is 11.9. The van der Waals surface area contributed by atoms with E-state index in [1.807, 2.05) is 37.3 Å². The minimum absolute atomic E-state index is 0.187. The van der Waals surface area contributed by atoms with Crippen molar-refractivity contribution >= 4 is 28.6 Å². The van der Waals surface area contributed by atoms with Crippen molar-refractivity contribution in [1.29, 1.82) is 0 Å². The summed E-state index contributed by atoms with van der Waals surface area (Å²) in [5.41, 5.74) is 1.10. The number of carbonyl (C=O) groups is 1. The van der Waals surface area contributed by atoms with Gasteiger partial charge in [-0.2, -0.15) is 0 Å². The lowest BCUT2D eigenvalue weighted by Gasteiger charge is -2.21. The van der Waals surface area contributed by atoms with Gasteiger partial charge in [0.25, 0.3) is 0 Å². The number of rotatable bonds is 3. The van der Waals surface area contributed by atoms with E-state index in [2.05, 4.69) is 24.3 Å². The zero-order valence-electron chi connectivity index (χ0n) is 14.3. The van der Waals surface area contributed by atoms with Gasteiger partial charge < -0.3 is 14.6 Å². The lowest BCUT2D eigenvalue weighted by molar-refractivity contribution is -0.255. The van der Waals surface area contributed by atoms with Gasteiger partial charge in [0.2, 0.25) is 0 Å². The van der Waals surface area contributed by atoms with Crippen LogP contribution in [0.5, 0.6) is 5.75 Å². The van der Waals surface area contributed by atoms with Gasteiger partial charge in [0, 0.05) is 6.07 Å². The van der Waals surface area contributed by atoms with Crippen LogP contribution in [-0.4, -0.2) is 13.1 Å². The summed E-state index contributed by atoms with van der Waals surface area (Å²) in [7, 11) is 1.04. The Kier molecular flexibility index (Phi) is 4.42. The Bertz CT molecular complexity index is 968. The molecule has 0 spiro atoms. The zero-order chi connectivity index (χ0) is 18.3. The number of benzene rings is 3. The number of hydrogen-bond acceptors (Lipinski definition) is 4. The van der Waals surface area contributed by atoms with E-state index < -0.39 is 16.9 Å². The lowest BCUT2D eigenvalue weighted by Crippen LogP contribution is -2.26. The SMILES string of the molecule is COc1cc(C(=O)[O-])c([S+]2c3ccccc3Sc3ccccc32)cc1C. The summed E-state index contributed by atoms with van der Waals surface area (Å²) < 4.78 is 5.32. The molecule has 0 aliphatic carbocycles. The number of aromatic carboxylic acids is 1. The summed E-state index contributed by atoms with van der Waals surface area (Å²) in [6.07, 6.45) is 0. The monoisotopic (exact) mass is 380 g/mol. The minimum atomic E-state index is -1.18. The normalized spacial score (nSPS) is 13.0. The van der Waals surface area contributed by atoms with E-state index in [0.29, 0.717) is 5.75 Å². The highest BCUT2D eigenvalue weighted by Gasteiger charge is 2.39. The molecule has 26 heavy (non-hydrogen) atoms. The smallest absolute Gasteiger partial charge is 0.180 e. The first kappa shape index (κ1) is 17.1. The van der Waals surface area contributed by atoms with Crippen LogP contribution >= 0.6 is 11.8 Å². The van der Waals surface area contributed by atoms with Gasteiger partial charge in [0.05, 0.1) is 28.4 Å². The molecule has 3 aromatic carbocycles. The van der Waals surface area contributed by atoms with E-state index in [4.69, 9.17) is 4.74 Å². The molecule has 0 atom stereocenters. The van der Waals surface area contributed by atoms with Gasteiger partial charge in [0.15, 0.2) is 14.7 Å². The summed E-state index contributed by atoms with van der Waals surface area (Å²) >= 11 is 1.73. The fourth-order valence-electron chi connectivity index (χ4n) is 3.09. The largest absolute Gasteiger partial charge is 0.545 e. The molecule has 1 heterocycles. The highest BCUT2D eigenvalue weighted by atomic mass is 32.2. The molecular formula is C21H16O3S2. The highest BCUT2D eigenvalue weighted by molar-refractivity contribution is 8.04. The third-order valence-corrected chi connectivity index (χ3v) is 8.07. The predicted molar refractivity (Wildman–Crippen MR) is 101 cm³/mol. The first-order valence-corrected chi connectivity index (χ1v) is 10.1. The first-order valence-electron chi connectivity index (χ1n) is 8.10. The predicted octanol–water partition coefficient (Wildman–Crippen LogP) is 3.93. The van der Waals surface area contributed by atoms with E-state index in [1.165, 1.54) is 0 Å². The van der Waals surface area contributed by atoms with Crippen LogP contribution in [0.1, 0.15) is 15.9 Å². The molecule has 1 aliphatic rings. The summed E-state index contributed by atoms with van der Waals surface area (Å²) in [4.78, 5) is 17.3. The number of aryl methyl sites for hydroxylation is 1. The molecule has 1 aliphatic heterocycles. The second kappa shape index (κ2) is 6.74. The molecule has 0 bridgehead atoms. The maximum Gasteiger partial charge on any atom is 0.180 e. The molecule has 0 fully saturated rings. The Morgan fingerprint density at radius 2 is 1.54 bits per heavy atom. The third-order valence-electron chi connectivity index (χ3n) is 4.29. The fraction of sp³-hybridized carbons (Fsp3) is 0.0952. The van der Waals surface area contributed by atoms with Gasteiger partial charge >= 0.3 is 0 Å². The van der Waals surface area contributed by atoms with E-state index in [-0.39, 0.29) is 5.56 Å². The van der Waals surface area contributed by atoms with Crippen molar-refractivity contribution in [3.8, 4) is 5.75 Å². The summed E-state index contributed by atoms with van der Waals surface area (Å²) in [5.74, 6) is -0.622. The molecule has 0 amide bonds. The quantitative estimate of drug-likeness (QED) is 0.506. The van der Waals surface area contributed by atoms with Crippen LogP contribution in [0, 0.1) is 6.92 Å². The Morgan fingerprint density at radius 1 is 0.962 bits per heavy atom. The molecule has 0 unspecified atom stereocenters. The van der Waals surface area contributed by atoms with Crippen LogP contribution in [-0.2, 0) is 10.9 Å². The van der Waals surface area contributed by atoms with Crippen molar-refractivity contribution < 1.29 is 14.6 Å². The van der Waals surface area contributed by atoms with Crippen LogP contribution < -0.4 is 9.84 Å². The summed E-state index contributed by atoms with van der Waals surface area (Å²) in [6.45, 7) is 1.93. The van der Waals surface area contributed by atoms with Crippen molar-refractivity contribution in [2.24, 2.45) is 0 Å². The van der Waals surface area contributed by atoms with Gasteiger partial charge in [-0.3, -0.25) is 0 Å². The van der Waals surface area contributed by atoms with Crippen LogP contribution in [0.15, 0.2) is 85.1 Å². The number of carbonyl (C=O) groups excluding carboxylic acids is 1. The second-order valence-corrected chi connectivity index (χ2v) is 8.92. The fourth-order valence-corrected chi connectivity index (χ4v) is 7.04. The molecule has 0 N–H and O–H groups in total. The first-order chi connectivity index (χ1) is 12.6. The van der Waals surface area contributed by atoms with E-state index in [0.717, 1.165) is 30.0 Å². The van der Waals surface area contributed by atoms with E-state index in [9.17, 15) is 9.90 Å². The van der Waals surface area contributed by atoms with Gasteiger partial charge in [0.1, 0.15) is 16.6 Å². The molecule has 3 nitrogen and oxygen atoms in total. The van der Waals surface area contributed by atoms with Crippen molar-refractivity contribution in [2.45, 2.75) is 31.4 Å². The lowest BCUT2D eigenvalue weighted by atomic mass is 10.1. The average Bonchev–Trinajstić information content (AvgIpc) is 2.65. The van der Waals surface area contributed by atoms with Gasteiger partial charge in [-0.05, 0) is 42.8 Å². The van der Waals surface area contributed by atoms with Crippen molar-refractivity contribution in [3.63, 3.8) is 0 Å². The van der Waals surface area contributed by atoms with E-state index in [1.54, 1.807) is 24.9 Å². The van der Waals surface area contributed by atoms with Crippen LogP contribution in [0.2, 0.25) is 0 Å². The topological polar surface area (TPSA) is 49.4 Å². The zero-order valence-corrected chi connectivity index (χ0v) is 15.9. The number of methoxy groups -OCH3 is 1. The summed E-state index contributed by atoms with van der Waals surface area (Å²) in [6, 6.07) is 19.9. The molecule has 0 radical (unpaired) electrons. The van der Waals surface area contributed by atoms with Crippen molar-refractivity contribution in [3.05, 3.63) is 71.8 Å². The Balaban J connectivity index is 2.02. The number of carboxylic acid groups (broad SMARTS) is 1. The standard InChI is InChI=1S/C21H16O3S2/c1-13-11-20(14(21(22)23)12-15(13)24-2)26-18-9-5-3-7-16(18)25-17-8-4-6-10-19(17)26/h3-12H,1-2H3. The molecule has 0 saturated heterocycles. The van der Waals surface area contributed by atoms with Crippen LogP contribution in [0.3, 0.4) is 0 Å². The Morgan fingerprint density at radius 3 is 2.08 bits per heavy atom. The van der Waals surface area contributed by atoms with Gasteiger partial charge in [-0.15, -0.1) is 0 Å². The average molecular weight is 380 g/mol. The number of ether oxygens (including phenoxy) is 1. The van der Waals surface area contributed by atoms with E-state index >= 15 is 0 Å². The van der Waals surface area contributed by atoms with Gasteiger partial charge in [-0.1, -0.05) is 36.0 Å². The second-order valence-electron chi connectivity index (χ2n) is 5.91. The molecule has 3 aromatic rings. The highest BCUT2D eigenvalue weighted by Crippen LogP contribution is 2.49. The molecule has 5 heteroatoms. The molecular weight excluding hydrogens is 364 g/mol. The van der Waals surface area contributed by atoms with Crippen LogP contribution in [0.25, 0.3) is 0 Å². The van der Waals surface area contributed by atoms with Crippen molar-refractivity contribution in [2.75, 3.05) is 7.11 Å². The molecule has 0 aromatic heterocycles. The van der Waals surface area contributed by atoms with Crippen molar-refractivity contribution in [1.82, 2.24) is 0 Å². The van der Waals surface area contributed by atoms with Gasteiger partial charge in [-0.25, -0.2) is 0 Å². The third kappa shape index (κ3) is 2.77. The molecule has 4 rings (SSSR count). The summed E-state index contributed by atoms with van der Waals surface area (Å²) in [5, 5.41) is 11.9. The molecule has 0 saturated carbocycles. The van der Waals surface area contributed by atoms with Crippen LogP contribution in [0.4, 0.5) is 0 Å². The maximum absolute atomic E-state index is 11.9.